The van der Waals surface area contributed by atoms with Gasteiger partial charge in [0.2, 0.25) is 0 Å². The molecule has 0 fully saturated rings. The van der Waals surface area contributed by atoms with E-state index >= 15 is 0 Å². The van der Waals surface area contributed by atoms with Crippen molar-refractivity contribution in [3.63, 3.8) is 0 Å². The fourth-order valence-electron chi connectivity index (χ4n) is 2.60. The molecule has 0 aliphatic rings. The summed E-state index contributed by atoms with van der Waals surface area (Å²) in [4.78, 5) is 10.8. The first-order chi connectivity index (χ1) is 11.1. The molecule has 0 radical (unpaired) electrons. The number of carboxylic acids is 1. The van der Waals surface area contributed by atoms with Gasteiger partial charge in [0.15, 0.2) is 0 Å². The molecule has 0 N–H and O–H groups in total. The molecule has 0 aliphatic heterocycles. The van der Waals surface area contributed by atoms with Crippen molar-refractivity contribution in [1.29, 1.82) is 0 Å². The van der Waals surface area contributed by atoms with Gasteiger partial charge in [0.1, 0.15) is 25.5 Å². The molecule has 0 saturated carbocycles. The third-order valence-electron chi connectivity index (χ3n) is 4.00. The molecule has 23 heavy (non-hydrogen) atoms. The Hall–Kier alpha value is -2.88. The Morgan fingerprint density at radius 1 is 1.04 bits per heavy atom. The minimum absolute atomic E-state index is 0.206. The summed E-state index contributed by atoms with van der Waals surface area (Å²) in [5.74, 6) is 0.00669. The fourth-order valence-corrected chi connectivity index (χ4v) is 2.60. The Labute approximate surface area is 135 Å². The molecule has 3 aromatic rings. The number of carbonyl (C=O) groups excluding carboxylic acids is 1. The van der Waals surface area contributed by atoms with Crippen LogP contribution in [0.1, 0.15) is 27.3 Å². The van der Waals surface area contributed by atoms with Crippen LogP contribution in [-0.2, 0) is 13.1 Å². The smallest absolute Gasteiger partial charge is 0.253 e. The first-order valence-corrected chi connectivity index (χ1v) is 7.53. The lowest BCUT2D eigenvalue weighted by Gasteiger charge is -2.05. The Balaban J connectivity index is 1.75. The molecule has 0 aliphatic carbocycles. The standard InChI is InChI=1S/C19H18N2O2/c1-15-20(13-16-5-3-2-4-6-16)11-12-21(15)14-17-7-9-18(10-8-17)19(22)23/h2-12H,13-14H2,1H3. The second kappa shape index (κ2) is 6.48. The van der Waals surface area contributed by atoms with Crippen LogP contribution in [0.25, 0.3) is 0 Å². The number of nitrogens with zero attached hydrogens (tertiary/aromatic N) is 2. The number of carbonyl (C=O) groups is 1. The van der Waals surface area contributed by atoms with Gasteiger partial charge in [-0.05, 0) is 16.7 Å². The SMILES string of the molecule is Cc1n(Cc2ccc(C(=O)[O-])cc2)cc[n+]1Cc1ccccc1. The Morgan fingerprint density at radius 3 is 2.39 bits per heavy atom. The van der Waals surface area contributed by atoms with Crippen LogP contribution < -0.4 is 9.67 Å². The van der Waals surface area contributed by atoms with Crippen LogP contribution in [0, 0.1) is 6.92 Å². The van der Waals surface area contributed by atoms with Crippen LogP contribution >= 0.6 is 0 Å². The van der Waals surface area contributed by atoms with Gasteiger partial charge in [-0.3, -0.25) is 0 Å². The summed E-state index contributed by atoms with van der Waals surface area (Å²) in [6.45, 7) is 3.63. The van der Waals surface area contributed by atoms with Crippen molar-refractivity contribution in [2.24, 2.45) is 0 Å². The number of carboxylic acid groups (broad SMARTS) is 1. The molecule has 1 heterocycles. The van der Waals surface area contributed by atoms with Crippen molar-refractivity contribution in [3.05, 3.63) is 89.5 Å². The van der Waals surface area contributed by atoms with E-state index in [1.165, 1.54) is 5.56 Å². The van der Waals surface area contributed by atoms with Crippen molar-refractivity contribution in [1.82, 2.24) is 4.57 Å². The van der Waals surface area contributed by atoms with Crippen LogP contribution in [0.2, 0.25) is 0 Å². The first kappa shape index (κ1) is 15.0. The molecule has 2 aromatic carbocycles. The predicted octanol–water partition coefficient (Wildman–Crippen LogP) is 1.54. The van der Waals surface area contributed by atoms with Crippen LogP contribution in [-0.4, -0.2) is 10.5 Å². The monoisotopic (exact) mass is 306 g/mol. The van der Waals surface area contributed by atoms with E-state index in [2.05, 4.69) is 34.4 Å². The topological polar surface area (TPSA) is 48.9 Å². The van der Waals surface area contributed by atoms with Crippen molar-refractivity contribution >= 4 is 5.97 Å². The summed E-state index contributed by atoms with van der Waals surface area (Å²) in [5.41, 5.74) is 2.52. The predicted molar refractivity (Wildman–Crippen MR) is 84.8 cm³/mol. The number of hydrogen-bond acceptors (Lipinski definition) is 2. The van der Waals surface area contributed by atoms with E-state index in [4.69, 9.17) is 0 Å². The zero-order valence-electron chi connectivity index (χ0n) is 13.0. The van der Waals surface area contributed by atoms with Crippen molar-refractivity contribution < 1.29 is 14.5 Å². The van der Waals surface area contributed by atoms with Crippen LogP contribution in [0.15, 0.2) is 67.0 Å². The average molecular weight is 306 g/mol. The maximum Gasteiger partial charge on any atom is 0.253 e. The third kappa shape index (κ3) is 3.48. The largest absolute Gasteiger partial charge is 0.545 e. The van der Waals surface area contributed by atoms with Gasteiger partial charge < -0.3 is 9.90 Å². The molecule has 4 heteroatoms. The third-order valence-corrected chi connectivity index (χ3v) is 4.00. The van der Waals surface area contributed by atoms with Crippen molar-refractivity contribution in [2.75, 3.05) is 0 Å². The fraction of sp³-hybridized carbons (Fsp3) is 0.158. The number of aromatic carboxylic acids is 1. The van der Waals surface area contributed by atoms with E-state index in [1.807, 2.05) is 36.5 Å². The Morgan fingerprint density at radius 2 is 1.74 bits per heavy atom. The maximum absolute atomic E-state index is 10.8. The number of rotatable bonds is 5. The van der Waals surface area contributed by atoms with E-state index < -0.39 is 5.97 Å². The average Bonchev–Trinajstić information content (AvgIpc) is 2.90. The van der Waals surface area contributed by atoms with Gasteiger partial charge in [-0.1, -0.05) is 54.6 Å². The molecule has 0 spiro atoms. The molecule has 0 saturated heterocycles. The van der Waals surface area contributed by atoms with Gasteiger partial charge in [-0.25, -0.2) is 9.13 Å². The lowest BCUT2D eigenvalue weighted by molar-refractivity contribution is -0.693. The lowest BCUT2D eigenvalue weighted by atomic mass is 10.1. The summed E-state index contributed by atoms with van der Waals surface area (Å²) in [6, 6.07) is 17.1. The molecule has 3 rings (SSSR count). The molecular formula is C19H18N2O2. The molecule has 4 nitrogen and oxygen atoms in total. The molecule has 0 atom stereocenters. The number of hydrogen-bond donors (Lipinski definition) is 0. The Kier molecular flexibility index (Phi) is 4.24. The van der Waals surface area contributed by atoms with Gasteiger partial charge >= 0.3 is 0 Å². The molecule has 0 amide bonds. The highest BCUT2D eigenvalue weighted by Gasteiger charge is 2.12. The highest BCUT2D eigenvalue weighted by molar-refractivity contribution is 5.85. The second-order valence-electron chi connectivity index (χ2n) is 5.57. The Bertz CT molecular complexity index is 805. The summed E-state index contributed by atoms with van der Waals surface area (Å²) in [6.07, 6.45) is 4.11. The normalized spacial score (nSPS) is 10.7. The zero-order chi connectivity index (χ0) is 16.2. The molecule has 0 bridgehead atoms. The van der Waals surface area contributed by atoms with E-state index in [1.54, 1.807) is 12.1 Å². The first-order valence-electron chi connectivity index (χ1n) is 7.53. The van der Waals surface area contributed by atoms with Crippen molar-refractivity contribution in [3.8, 4) is 0 Å². The van der Waals surface area contributed by atoms with E-state index in [0.29, 0.717) is 6.54 Å². The van der Waals surface area contributed by atoms with Gasteiger partial charge in [-0.2, -0.15) is 0 Å². The van der Waals surface area contributed by atoms with Gasteiger partial charge in [0, 0.05) is 6.92 Å². The molecule has 1 aromatic heterocycles. The quantitative estimate of drug-likeness (QED) is 0.671. The summed E-state index contributed by atoms with van der Waals surface area (Å²) < 4.78 is 4.35. The number of benzene rings is 2. The van der Waals surface area contributed by atoms with E-state index in [0.717, 1.165) is 17.9 Å². The highest BCUT2D eigenvalue weighted by atomic mass is 16.4. The van der Waals surface area contributed by atoms with E-state index in [9.17, 15) is 9.90 Å². The molecule has 0 unspecified atom stereocenters. The minimum Gasteiger partial charge on any atom is -0.545 e. The highest BCUT2D eigenvalue weighted by Crippen LogP contribution is 2.08. The van der Waals surface area contributed by atoms with Gasteiger partial charge in [0.05, 0.1) is 5.97 Å². The van der Waals surface area contributed by atoms with Crippen LogP contribution in [0.4, 0.5) is 0 Å². The zero-order valence-corrected chi connectivity index (χ0v) is 13.0. The minimum atomic E-state index is -1.14. The summed E-state index contributed by atoms with van der Waals surface area (Å²) in [7, 11) is 0. The van der Waals surface area contributed by atoms with E-state index in [-0.39, 0.29) is 5.56 Å². The van der Waals surface area contributed by atoms with Gasteiger partial charge in [-0.15, -0.1) is 0 Å². The summed E-state index contributed by atoms with van der Waals surface area (Å²) >= 11 is 0. The van der Waals surface area contributed by atoms with Crippen molar-refractivity contribution in [2.45, 2.75) is 20.0 Å². The lowest BCUT2D eigenvalue weighted by Crippen LogP contribution is -2.36. The maximum atomic E-state index is 10.8. The second-order valence-corrected chi connectivity index (χ2v) is 5.57. The molecular weight excluding hydrogens is 288 g/mol. The number of aromatic nitrogens is 2. The summed E-state index contributed by atoms with van der Waals surface area (Å²) in [5, 5.41) is 10.8. The number of imidazole rings is 1. The molecule has 116 valence electrons. The van der Waals surface area contributed by atoms with Gasteiger partial charge in [0.25, 0.3) is 5.82 Å². The van der Waals surface area contributed by atoms with Crippen LogP contribution in [0.5, 0.6) is 0 Å². The van der Waals surface area contributed by atoms with Crippen LogP contribution in [0.3, 0.4) is 0 Å².